The smallest absolute Gasteiger partial charge is 0.0723 e. The number of hydrogen-bond donors (Lipinski definition) is 0. The lowest BCUT2D eigenvalue weighted by molar-refractivity contribution is 0.629. The first-order valence-corrected chi connectivity index (χ1v) is 17.6. The maximum Gasteiger partial charge on any atom is 0.0723 e. The highest BCUT2D eigenvalue weighted by molar-refractivity contribution is 7.26. The topological polar surface area (TPSA) is 0 Å². The largest absolute Gasteiger partial charge is 0.135 e. The van der Waals surface area contributed by atoms with E-state index in [1.165, 1.54) is 92.5 Å². The Hall–Kier alpha value is -5.24. The van der Waals surface area contributed by atoms with Crippen LogP contribution in [0.5, 0.6) is 0 Å². The number of thiophene rings is 1. The average molecular weight is 615 g/mol. The minimum Gasteiger partial charge on any atom is -0.135 e. The summed E-state index contributed by atoms with van der Waals surface area (Å²) in [5.74, 6) is 0. The zero-order chi connectivity index (χ0) is 30.9. The molecule has 3 aliphatic rings. The van der Waals surface area contributed by atoms with E-state index in [1.54, 1.807) is 0 Å². The summed E-state index contributed by atoms with van der Waals surface area (Å²) < 4.78 is 2.76. The van der Waals surface area contributed by atoms with Gasteiger partial charge in [-0.25, -0.2) is 0 Å². The van der Waals surface area contributed by atoms with Gasteiger partial charge in [0.05, 0.1) is 10.8 Å². The molecule has 220 valence electrons. The van der Waals surface area contributed by atoms with Gasteiger partial charge in [0, 0.05) is 25.7 Å². The lowest BCUT2D eigenvalue weighted by atomic mass is 9.52. The third-order valence-electron chi connectivity index (χ3n) is 11.5. The van der Waals surface area contributed by atoms with Crippen LogP contribution in [-0.2, 0) is 17.3 Å². The first-order chi connectivity index (χ1) is 23.3. The molecular formula is C46H30S. The average Bonchev–Trinajstić information content (AvgIpc) is 3.76. The molecule has 47 heavy (non-hydrogen) atoms. The first kappa shape index (κ1) is 25.9. The fraction of sp³-hybridized carbons (Fsp3) is 0.0870. The van der Waals surface area contributed by atoms with Crippen LogP contribution in [-0.4, -0.2) is 0 Å². The molecule has 0 radical (unpaired) electrons. The minimum atomic E-state index is -0.438. The molecule has 0 bridgehead atoms. The van der Waals surface area contributed by atoms with Gasteiger partial charge in [0.2, 0.25) is 0 Å². The van der Waals surface area contributed by atoms with Crippen molar-refractivity contribution in [1.29, 1.82) is 0 Å². The molecule has 11 rings (SSSR count). The number of hydrogen-bond acceptors (Lipinski definition) is 1. The van der Waals surface area contributed by atoms with Crippen LogP contribution in [0, 0.1) is 0 Å². The van der Waals surface area contributed by atoms with Gasteiger partial charge in [-0.2, -0.15) is 0 Å². The Balaban J connectivity index is 1.37. The van der Waals surface area contributed by atoms with Crippen molar-refractivity contribution in [3.05, 3.63) is 202 Å². The summed E-state index contributed by atoms with van der Waals surface area (Å²) >= 11 is 1.95. The molecular weight excluding hydrogens is 585 g/mol. The van der Waals surface area contributed by atoms with Crippen LogP contribution < -0.4 is 0 Å². The molecule has 1 heteroatoms. The molecule has 0 nitrogen and oxygen atoms in total. The van der Waals surface area contributed by atoms with Crippen molar-refractivity contribution < 1.29 is 0 Å². The van der Waals surface area contributed by atoms with Gasteiger partial charge in [-0.15, -0.1) is 11.3 Å². The third kappa shape index (κ3) is 2.84. The molecule has 0 saturated heterocycles. The normalized spacial score (nSPS) is 15.3. The van der Waals surface area contributed by atoms with E-state index in [4.69, 9.17) is 0 Å². The zero-order valence-electron chi connectivity index (χ0n) is 26.0. The van der Waals surface area contributed by atoms with Crippen LogP contribution >= 0.6 is 11.3 Å². The minimum absolute atomic E-state index is 0.405. The summed E-state index contributed by atoms with van der Waals surface area (Å²) in [4.78, 5) is 0. The molecule has 0 unspecified atom stereocenters. The molecule has 0 atom stereocenters. The molecule has 3 aliphatic carbocycles. The molecule has 0 aliphatic heterocycles. The van der Waals surface area contributed by atoms with Crippen LogP contribution in [0.3, 0.4) is 0 Å². The number of aryl methyl sites for hydroxylation is 1. The molecule has 0 saturated carbocycles. The van der Waals surface area contributed by atoms with Crippen molar-refractivity contribution in [2.45, 2.75) is 24.2 Å². The lowest BCUT2D eigenvalue weighted by Crippen LogP contribution is -2.44. The molecule has 7 aromatic carbocycles. The van der Waals surface area contributed by atoms with E-state index < -0.39 is 10.8 Å². The number of fused-ring (bicyclic) bond motifs is 20. The molecule has 0 amide bonds. The number of benzene rings is 7. The van der Waals surface area contributed by atoms with E-state index >= 15 is 0 Å². The zero-order valence-corrected chi connectivity index (χ0v) is 26.9. The second-order valence-electron chi connectivity index (χ2n) is 13.3. The SMILES string of the molecule is CCc1cccc2c1C1(c3ccccc3C3(c4ccccc4-c4ccccc43)c3ccccc31)c1ccc3c(sc4ccccc43)c1-2. The van der Waals surface area contributed by atoms with Gasteiger partial charge in [0.25, 0.3) is 0 Å². The Morgan fingerprint density at radius 1 is 0.426 bits per heavy atom. The summed E-state index contributed by atoms with van der Waals surface area (Å²) in [7, 11) is 0. The fourth-order valence-corrected chi connectivity index (χ4v) is 11.3. The summed E-state index contributed by atoms with van der Waals surface area (Å²) in [5.41, 5.74) is 17.4. The number of rotatable bonds is 1. The van der Waals surface area contributed by atoms with Crippen molar-refractivity contribution in [2.24, 2.45) is 0 Å². The molecule has 0 N–H and O–H groups in total. The van der Waals surface area contributed by atoms with Crippen LogP contribution in [0.25, 0.3) is 42.4 Å². The summed E-state index contributed by atoms with van der Waals surface area (Å²) in [5, 5.41) is 2.72. The van der Waals surface area contributed by atoms with Gasteiger partial charge in [-0.3, -0.25) is 0 Å². The Labute approximate surface area is 278 Å². The summed E-state index contributed by atoms with van der Waals surface area (Å²) in [6, 6.07) is 58.1. The van der Waals surface area contributed by atoms with Crippen molar-refractivity contribution in [1.82, 2.24) is 0 Å². The lowest BCUT2D eigenvalue weighted by Gasteiger charge is -2.49. The highest BCUT2D eigenvalue weighted by Crippen LogP contribution is 2.68. The monoisotopic (exact) mass is 614 g/mol. The molecule has 8 aromatic rings. The maximum absolute atomic E-state index is 2.48. The van der Waals surface area contributed by atoms with E-state index in [9.17, 15) is 0 Å². The Bertz CT molecular complexity index is 2540. The van der Waals surface area contributed by atoms with Gasteiger partial charge >= 0.3 is 0 Å². The maximum atomic E-state index is 2.48. The van der Waals surface area contributed by atoms with E-state index in [1.807, 2.05) is 11.3 Å². The van der Waals surface area contributed by atoms with Crippen molar-refractivity contribution in [3.63, 3.8) is 0 Å². The summed E-state index contributed by atoms with van der Waals surface area (Å²) in [6.07, 6.45) is 0.982. The van der Waals surface area contributed by atoms with Gasteiger partial charge < -0.3 is 0 Å². The second-order valence-corrected chi connectivity index (χ2v) is 14.4. The van der Waals surface area contributed by atoms with Crippen LogP contribution in [0.15, 0.2) is 152 Å². The van der Waals surface area contributed by atoms with Crippen molar-refractivity contribution >= 4 is 31.5 Å². The van der Waals surface area contributed by atoms with Crippen molar-refractivity contribution in [2.75, 3.05) is 0 Å². The highest BCUT2D eigenvalue weighted by atomic mass is 32.1. The van der Waals surface area contributed by atoms with E-state index in [2.05, 4.69) is 159 Å². The van der Waals surface area contributed by atoms with E-state index in [-0.39, 0.29) is 0 Å². The van der Waals surface area contributed by atoms with E-state index in [0.29, 0.717) is 0 Å². The predicted molar refractivity (Wildman–Crippen MR) is 197 cm³/mol. The molecule has 0 fully saturated rings. The molecule has 1 aromatic heterocycles. The Morgan fingerprint density at radius 2 is 0.957 bits per heavy atom. The van der Waals surface area contributed by atoms with Gasteiger partial charge in [-0.1, -0.05) is 153 Å². The van der Waals surface area contributed by atoms with Crippen LogP contribution in [0.2, 0.25) is 0 Å². The molecule has 1 heterocycles. The highest BCUT2D eigenvalue weighted by Gasteiger charge is 2.59. The van der Waals surface area contributed by atoms with Crippen LogP contribution in [0.4, 0.5) is 0 Å². The van der Waals surface area contributed by atoms with Crippen molar-refractivity contribution in [3.8, 4) is 22.3 Å². The Kier molecular flexibility index (Phi) is 4.94. The van der Waals surface area contributed by atoms with Gasteiger partial charge in [0.15, 0.2) is 0 Å². The summed E-state index contributed by atoms with van der Waals surface area (Å²) in [6.45, 7) is 2.33. The Morgan fingerprint density at radius 3 is 1.60 bits per heavy atom. The first-order valence-electron chi connectivity index (χ1n) is 16.8. The standard InChI is InChI=1S/C46H30S/c1-2-28-14-13-18-33-42-40(27-26-32-31-17-5-12-25-41(31)47-44(32)42)46(43(28)33)38-23-10-8-21-36(38)45(37-22-9-11-24-39(37)46)34-19-6-3-15-29(34)30-16-4-7-20-35(30)45/h3-27H,2H2,1H3. The quantitative estimate of drug-likeness (QED) is 0.173. The van der Waals surface area contributed by atoms with E-state index in [0.717, 1.165) is 6.42 Å². The van der Waals surface area contributed by atoms with Crippen LogP contribution in [0.1, 0.15) is 57.0 Å². The third-order valence-corrected chi connectivity index (χ3v) is 12.8. The van der Waals surface area contributed by atoms with Gasteiger partial charge in [-0.05, 0) is 79.2 Å². The second kappa shape index (κ2) is 8.97. The van der Waals surface area contributed by atoms with Gasteiger partial charge in [0.1, 0.15) is 0 Å². The fourth-order valence-electron chi connectivity index (χ4n) is 9.99. The molecule has 2 spiro atoms. The predicted octanol–water partition coefficient (Wildman–Crippen LogP) is 11.7.